The van der Waals surface area contributed by atoms with Crippen LogP contribution in [0.15, 0.2) is 54.6 Å². The highest BCUT2D eigenvalue weighted by Crippen LogP contribution is 2.32. The Kier molecular flexibility index (Phi) is 5.51. The van der Waals surface area contributed by atoms with E-state index in [2.05, 4.69) is 0 Å². The fourth-order valence-corrected chi connectivity index (χ4v) is 3.49. The number of nitrogens with zero attached hydrogens (tertiary/aromatic N) is 1. The number of carbonyl (C=O) groups excluding carboxylic acids is 1. The molecule has 2 aromatic rings. The summed E-state index contributed by atoms with van der Waals surface area (Å²) >= 11 is 0. The summed E-state index contributed by atoms with van der Waals surface area (Å²) in [6.07, 6.45) is 1.56. The standard InChI is InChI=1S/C21H25NO3/c1-22(15-21(16-23)11-13-25-14-12-21)20(24)19-10-6-5-9-18(19)17-7-3-2-4-8-17/h2-10,23H,11-16H2,1H3. The van der Waals surface area contributed by atoms with Gasteiger partial charge in [0.1, 0.15) is 0 Å². The van der Waals surface area contributed by atoms with Crippen molar-refractivity contribution in [1.82, 2.24) is 4.90 Å². The highest BCUT2D eigenvalue weighted by molar-refractivity contribution is 6.00. The van der Waals surface area contributed by atoms with Gasteiger partial charge in [-0.05, 0) is 30.0 Å². The van der Waals surface area contributed by atoms with Gasteiger partial charge in [-0.1, -0.05) is 48.5 Å². The number of aliphatic hydroxyl groups is 1. The van der Waals surface area contributed by atoms with Gasteiger partial charge in [0.2, 0.25) is 0 Å². The second-order valence-corrected chi connectivity index (χ2v) is 6.84. The lowest BCUT2D eigenvalue weighted by atomic mass is 9.80. The number of carbonyl (C=O) groups is 1. The van der Waals surface area contributed by atoms with Gasteiger partial charge in [0.15, 0.2) is 0 Å². The molecule has 4 heteroatoms. The van der Waals surface area contributed by atoms with Crippen LogP contribution >= 0.6 is 0 Å². The van der Waals surface area contributed by atoms with Crippen molar-refractivity contribution in [3.63, 3.8) is 0 Å². The van der Waals surface area contributed by atoms with E-state index in [1.54, 1.807) is 4.90 Å². The summed E-state index contributed by atoms with van der Waals surface area (Å²) in [4.78, 5) is 14.8. The van der Waals surface area contributed by atoms with E-state index >= 15 is 0 Å². The Labute approximate surface area is 149 Å². The van der Waals surface area contributed by atoms with E-state index in [0.717, 1.165) is 24.0 Å². The van der Waals surface area contributed by atoms with Crippen LogP contribution in [0.1, 0.15) is 23.2 Å². The molecule has 0 bridgehead atoms. The van der Waals surface area contributed by atoms with Crippen LogP contribution in [-0.2, 0) is 4.74 Å². The molecule has 0 atom stereocenters. The van der Waals surface area contributed by atoms with Crippen molar-refractivity contribution in [1.29, 1.82) is 0 Å². The number of ether oxygens (including phenoxy) is 1. The summed E-state index contributed by atoms with van der Waals surface area (Å²) < 4.78 is 5.42. The maximum absolute atomic E-state index is 13.1. The summed E-state index contributed by atoms with van der Waals surface area (Å²) in [6, 6.07) is 17.6. The lowest BCUT2D eigenvalue weighted by molar-refractivity contribution is -0.0282. The van der Waals surface area contributed by atoms with E-state index < -0.39 is 0 Å². The number of amides is 1. The first-order valence-corrected chi connectivity index (χ1v) is 8.74. The maximum atomic E-state index is 13.1. The molecule has 1 aliphatic heterocycles. The van der Waals surface area contributed by atoms with E-state index in [-0.39, 0.29) is 17.9 Å². The largest absolute Gasteiger partial charge is 0.396 e. The van der Waals surface area contributed by atoms with Gasteiger partial charge >= 0.3 is 0 Å². The van der Waals surface area contributed by atoms with Crippen molar-refractivity contribution in [2.75, 3.05) is 33.4 Å². The first-order chi connectivity index (χ1) is 12.2. The molecule has 3 rings (SSSR count). The van der Waals surface area contributed by atoms with E-state index in [1.165, 1.54) is 0 Å². The molecule has 25 heavy (non-hydrogen) atoms. The molecule has 0 aliphatic carbocycles. The van der Waals surface area contributed by atoms with E-state index in [4.69, 9.17) is 4.74 Å². The minimum Gasteiger partial charge on any atom is -0.396 e. The zero-order chi connectivity index (χ0) is 17.7. The molecule has 0 unspecified atom stereocenters. The lowest BCUT2D eigenvalue weighted by Gasteiger charge is -2.38. The molecule has 4 nitrogen and oxygen atoms in total. The average Bonchev–Trinajstić information content (AvgIpc) is 2.68. The molecule has 0 saturated carbocycles. The van der Waals surface area contributed by atoms with Crippen molar-refractivity contribution in [2.45, 2.75) is 12.8 Å². The minimum absolute atomic E-state index is 0.0150. The third-order valence-corrected chi connectivity index (χ3v) is 5.05. The van der Waals surface area contributed by atoms with Gasteiger partial charge in [-0.25, -0.2) is 0 Å². The molecule has 1 fully saturated rings. The first-order valence-electron chi connectivity index (χ1n) is 8.74. The van der Waals surface area contributed by atoms with Crippen LogP contribution < -0.4 is 0 Å². The van der Waals surface area contributed by atoms with Crippen LogP contribution in [0, 0.1) is 5.41 Å². The number of rotatable bonds is 5. The normalized spacial score (nSPS) is 16.4. The summed E-state index contributed by atoms with van der Waals surface area (Å²) in [5, 5.41) is 9.88. The molecule has 1 N–H and O–H groups in total. The Bertz CT molecular complexity index is 708. The second-order valence-electron chi connectivity index (χ2n) is 6.84. The fourth-order valence-electron chi connectivity index (χ4n) is 3.49. The van der Waals surface area contributed by atoms with Crippen molar-refractivity contribution in [3.8, 4) is 11.1 Å². The first kappa shape index (κ1) is 17.6. The van der Waals surface area contributed by atoms with Crippen LogP contribution in [-0.4, -0.2) is 49.3 Å². The van der Waals surface area contributed by atoms with Gasteiger partial charge in [-0.2, -0.15) is 0 Å². The minimum atomic E-state index is -0.260. The van der Waals surface area contributed by atoms with E-state index in [0.29, 0.717) is 25.3 Å². The summed E-state index contributed by atoms with van der Waals surface area (Å²) in [6.45, 7) is 1.90. The predicted molar refractivity (Wildman–Crippen MR) is 98.4 cm³/mol. The topological polar surface area (TPSA) is 49.8 Å². The van der Waals surface area contributed by atoms with Gasteiger partial charge in [-0.15, -0.1) is 0 Å². The van der Waals surface area contributed by atoms with Gasteiger partial charge in [0.25, 0.3) is 5.91 Å². The number of aliphatic hydroxyl groups excluding tert-OH is 1. The van der Waals surface area contributed by atoms with Crippen molar-refractivity contribution in [2.24, 2.45) is 5.41 Å². The molecular weight excluding hydrogens is 314 g/mol. The highest BCUT2D eigenvalue weighted by atomic mass is 16.5. The molecule has 2 aromatic carbocycles. The Morgan fingerprint density at radius 2 is 1.72 bits per heavy atom. The Morgan fingerprint density at radius 3 is 2.40 bits per heavy atom. The Morgan fingerprint density at radius 1 is 1.08 bits per heavy atom. The average molecular weight is 339 g/mol. The smallest absolute Gasteiger partial charge is 0.254 e. The fraction of sp³-hybridized carbons (Fsp3) is 0.381. The predicted octanol–water partition coefficient (Wildman–Crippen LogP) is 3.21. The van der Waals surface area contributed by atoms with Gasteiger partial charge in [-0.3, -0.25) is 4.79 Å². The molecule has 1 amide bonds. The molecule has 0 radical (unpaired) electrons. The van der Waals surface area contributed by atoms with Crippen LogP contribution in [0.3, 0.4) is 0 Å². The van der Waals surface area contributed by atoms with E-state index in [1.807, 2.05) is 61.6 Å². The number of hydrogen-bond acceptors (Lipinski definition) is 3. The maximum Gasteiger partial charge on any atom is 0.254 e. The molecule has 0 spiro atoms. The molecule has 1 aliphatic rings. The van der Waals surface area contributed by atoms with Gasteiger partial charge < -0.3 is 14.7 Å². The summed E-state index contributed by atoms with van der Waals surface area (Å²) in [5.74, 6) is -0.0150. The zero-order valence-electron chi connectivity index (χ0n) is 14.6. The third kappa shape index (κ3) is 3.91. The molecule has 1 saturated heterocycles. The Hall–Kier alpha value is -2.17. The van der Waals surface area contributed by atoms with Crippen molar-refractivity contribution < 1.29 is 14.6 Å². The van der Waals surface area contributed by atoms with E-state index in [9.17, 15) is 9.90 Å². The van der Waals surface area contributed by atoms with Gasteiger partial charge in [0, 0.05) is 37.8 Å². The lowest BCUT2D eigenvalue weighted by Crippen LogP contribution is -2.44. The summed E-state index contributed by atoms with van der Waals surface area (Å²) in [5.41, 5.74) is 2.40. The molecule has 132 valence electrons. The third-order valence-electron chi connectivity index (χ3n) is 5.05. The van der Waals surface area contributed by atoms with Crippen LogP contribution in [0.5, 0.6) is 0 Å². The second kappa shape index (κ2) is 7.81. The van der Waals surface area contributed by atoms with Crippen LogP contribution in [0.4, 0.5) is 0 Å². The Balaban J connectivity index is 1.83. The van der Waals surface area contributed by atoms with Crippen molar-refractivity contribution in [3.05, 3.63) is 60.2 Å². The zero-order valence-corrected chi connectivity index (χ0v) is 14.6. The monoisotopic (exact) mass is 339 g/mol. The summed E-state index contributed by atoms with van der Waals surface area (Å²) in [7, 11) is 1.82. The van der Waals surface area contributed by atoms with Crippen LogP contribution in [0.2, 0.25) is 0 Å². The quantitative estimate of drug-likeness (QED) is 0.910. The molecule has 1 heterocycles. The molecular formula is C21H25NO3. The number of benzene rings is 2. The van der Waals surface area contributed by atoms with Gasteiger partial charge in [0.05, 0.1) is 6.61 Å². The van der Waals surface area contributed by atoms with Crippen molar-refractivity contribution >= 4 is 5.91 Å². The highest BCUT2D eigenvalue weighted by Gasteiger charge is 2.34. The van der Waals surface area contributed by atoms with Crippen LogP contribution in [0.25, 0.3) is 11.1 Å². The molecule has 0 aromatic heterocycles. The SMILES string of the molecule is CN(CC1(CO)CCOCC1)C(=O)c1ccccc1-c1ccccc1. The number of hydrogen-bond donors (Lipinski definition) is 1.